The Kier molecular flexibility index (Phi) is 5.89. The molecule has 0 bridgehead atoms. The molecule has 26 heavy (non-hydrogen) atoms. The number of aromatic nitrogens is 1. The normalized spacial score (nSPS) is 15.6. The third-order valence-corrected chi connectivity index (χ3v) is 4.97. The first-order valence-electron chi connectivity index (χ1n) is 9.32. The lowest BCUT2D eigenvalue weighted by atomic mass is 10.1. The van der Waals surface area contributed by atoms with Gasteiger partial charge < -0.3 is 15.0 Å². The van der Waals surface area contributed by atoms with Gasteiger partial charge in [0.2, 0.25) is 6.04 Å². The predicted molar refractivity (Wildman–Crippen MR) is 104 cm³/mol. The molecule has 1 aliphatic heterocycles. The van der Waals surface area contributed by atoms with Gasteiger partial charge in [-0.3, -0.25) is 4.79 Å². The van der Waals surface area contributed by atoms with Crippen LogP contribution in [0.2, 0.25) is 0 Å². The lowest BCUT2D eigenvalue weighted by molar-refractivity contribution is -0.711. The van der Waals surface area contributed by atoms with Gasteiger partial charge in [0.15, 0.2) is 11.9 Å². The van der Waals surface area contributed by atoms with Crippen molar-refractivity contribution in [3.63, 3.8) is 0 Å². The average Bonchev–Trinajstić information content (AvgIpc) is 2.69. The van der Waals surface area contributed by atoms with Gasteiger partial charge in [-0.2, -0.15) is 4.57 Å². The first-order valence-corrected chi connectivity index (χ1v) is 9.32. The number of hydrogen-bond acceptors (Lipinski definition) is 3. The highest BCUT2D eigenvalue weighted by Gasteiger charge is 2.24. The third kappa shape index (κ3) is 4.22. The Labute approximate surface area is 155 Å². The number of carbonyl (C=O) groups excluding carboxylic acids is 1. The minimum absolute atomic E-state index is 0.00882. The van der Waals surface area contributed by atoms with E-state index in [0.717, 1.165) is 44.1 Å². The molecule has 1 saturated heterocycles. The standard InChI is InChI=1S/C21H27N3O2/c1-4-18-6-5-16(2)24(15-18)17(3)21(25)22-19-7-9-20(10-8-19)23-11-13-26-14-12-23/h5-10,15,17H,4,11-14H2,1-3H3/p+1/t17-/m1/s1. The van der Waals surface area contributed by atoms with Crippen LogP contribution in [-0.4, -0.2) is 32.2 Å². The van der Waals surface area contributed by atoms with Crippen LogP contribution in [0.1, 0.15) is 31.1 Å². The molecule has 138 valence electrons. The Balaban J connectivity index is 1.67. The molecule has 0 aliphatic carbocycles. The van der Waals surface area contributed by atoms with Gasteiger partial charge in [0.1, 0.15) is 0 Å². The van der Waals surface area contributed by atoms with E-state index in [1.54, 1.807) is 0 Å². The van der Waals surface area contributed by atoms with E-state index in [0.29, 0.717) is 0 Å². The van der Waals surface area contributed by atoms with Crippen LogP contribution in [0, 0.1) is 6.92 Å². The van der Waals surface area contributed by atoms with E-state index >= 15 is 0 Å². The molecule has 2 aromatic rings. The number of anilines is 2. The van der Waals surface area contributed by atoms with Crippen molar-refractivity contribution in [3.05, 3.63) is 53.9 Å². The molecule has 1 aliphatic rings. The molecular formula is C21H28N3O2+. The van der Waals surface area contributed by atoms with E-state index in [-0.39, 0.29) is 11.9 Å². The maximum absolute atomic E-state index is 12.7. The van der Waals surface area contributed by atoms with Gasteiger partial charge in [-0.05, 0) is 36.8 Å². The summed E-state index contributed by atoms with van der Waals surface area (Å²) in [6.45, 7) is 9.44. The van der Waals surface area contributed by atoms with E-state index < -0.39 is 0 Å². The largest absolute Gasteiger partial charge is 0.378 e. The molecule has 2 heterocycles. The lowest BCUT2D eigenvalue weighted by Crippen LogP contribution is -2.47. The monoisotopic (exact) mass is 354 g/mol. The number of aryl methyl sites for hydroxylation is 2. The number of rotatable bonds is 5. The Hall–Kier alpha value is -2.40. The van der Waals surface area contributed by atoms with Crippen LogP contribution in [0.25, 0.3) is 0 Å². The molecule has 1 N–H and O–H groups in total. The number of nitrogens with one attached hydrogen (secondary N) is 1. The second-order valence-electron chi connectivity index (χ2n) is 6.75. The molecule has 5 nitrogen and oxygen atoms in total. The maximum atomic E-state index is 12.7. The Morgan fingerprint density at radius 2 is 1.88 bits per heavy atom. The fourth-order valence-corrected chi connectivity index (χ4v) is 3.21. The average molecular weight is 354 g/mol. The van der Waals surface area contributed by atoms with Crippen molar-refractivity contribution in [2.75, 3.05) is 36.5 Å². The molecule has 0 radical (unpaired) electrons. The summed E-state index contributed by atoms with van der Waals surface area (Å²) in [4.78, 5) is 15.0. The highest BCUT2D eigenvalue weighted by molar-refractivity contribution is 5.92. The topological polar surface area (TPSA) is 45.5 Å². The van der Waals surface area contributed by atoms with E-state index in [2.05, 4.69) is 47.6 Å². The van der Waals surface area contributed by atoms with E-state index in [1.807, 2.05) is 30.5 Å². The van der Waals surface area contributed by atoms with Crippen LogP contribution in [0.3, 0.4) is 0 Å². The SMILES string of the molecule is CCc1ccc(C)[n+]([C@H](C)C(=O)Nc2ccc(N3CCOCC3)cc2)c1. The smallest absolute Gasteiger partial charge is 0.293 e. The summed E-state index contributed by atoms with van der Waals surface area (Å²) >= 11 is 0. The van der Waals surface area contributed by atoms with Crippen molar-refractivity contribution in [1.29, 1.82) is 0 Å². The lowest BCUT2D eigenvalue weighted by Gasteiger charge is -2.28. The Morgan fingerprint density at radius 1 is 1.19 bits per heavy atom. The summed E-state index contributed by atoms with van der Waals surface area (Å²) in [6.07, 6.45) is 3.03. The van der Waals surface area contributed by atoms with Gasteiger partial charge in [0, 0.05) is 49.9 Å². The first kappa shape index (κ1) is 18.4. The van der Waals surface area contributed by atoms with Gasteiger partial charge in [-0.25, -0.2) is 0 Å². The summed E-state index contributed by atoms with van der Waals surface area (Å²) in [7, 11) is 0. The molecule has 1 aromatic heterocycles. The molecule has 3 rings (SSSR count). The highest BCUT2D eigenvalue weighted by atomic mass is 16.5. The van der Waals surface area contributed by atoms with Gasteiger partial charge in [-0.1, -0.05) is 6.92 Å². The van der Waals surface area contributed by atoms with Gasteiger partial charge in [0.25, 0.3) is 5.91 Å². The quantitative estimate of drug-likeness (QED) is 0.840. The molecule has 0 saturated carbocycles. The number of nitrogens with zero attached hydrogens (tertiary/aromatic N) is 2. The zero-order chi connectivity index (χ0) is 18.5. The molecule has 1 fully saturated rings. The number of morpholine rings is 1. The summed E-state index contributed by atoms with van der Waals surface area (Å²) in [5.74, 6) is -0.00882. The van der Waals surface area contributed by atoms with Gasteiger partial charge >= 0.3 is 0 Å². The summed E-state index contributed by atoms with van der Waals surface area (Å²) < 4.78 is 7.43. The minimum atomic E-state index is -0.264. The van der Waals surface area contributed by atoms with Crippen molar-refractivity contribution < 1.29 is 14.1 Å². The number of hydrogen-bond donors (Lipinski definition) is 1. The Morgan fingerprint density at radius 3 is 2.54 bits per heavy atom. The van der Waals surface area contributed by atoms with Crippen molar-refractivity contribution >= 4 is 17.3 Å². The van der Waals surface area contributed by atoms with Crippen LogP contribution in [-0.2, 0) is 16.0 Å². The highest BCUT2D eigenvalue weighted by Crippen LogP contribution is 2.19. The molecule has 0 unspecified atom stereocenters. The number of carbonyl (C=O) groups is 1. The number of pyridine rings is 1. The molecule has 1 amide bonds. The van der Waals surface area contributed by atoms with E-state index in [4.69, 9.17) is 4.74 Å². The molecule has 1 atom stereocenters. The van der Waals surface area contributed by atoms with Gasteiger partial charge in [-0.15, -0.1) is 0 Å². The van der Waals surface area contributed by atoms with E-state index in [9.17, 15) is 4.79 Å². The number of ether oxygens (including phenoxy) is 1. The van der Waals surface area contributed by atoms with Crippen LogP contribution in [0.4, 0.5) is 11.4 Å². The van der Waals surface area contributed by atoms with Crippen molar-refractivity contribution in [3.8, 4) is 0 Å². The van der Waals surface area contributed by atoms with Gasteiger partial charge in [0.05, 0.1) is 13.2 Å². The summed E-state index contributed by atoms with van der Waals surface area (Å²) in [6, 6.07) is 12.0. The van der Waals surface area contributed by atoms with Crippen LogP contribution < -0.4 is 14.8 Å². The predicted octanol–water partition coefficient (Wildman–Crippen LogP) is 2.88. The fourth-order valence-electron chi connectivity index (χ4n) is 3.21. The summed E-state index contributed by atoms with van der Waals surface area (Å²) in [5, 5.41) is 3.03. The maximum Gasteiger partial charge on any atom is 0.293 e. The zero-order valence-corrected chi connectivity index (χ0v) is 15.9. The second-order valence-corrected chi connectivity index (χ2v) is 6.75. The fraction of sp³-hybridized carbons (Fsp3) is 0.429. The molecule has 1 aromatic carbocycles. The second kappa shape index (κ2) is 8.32. The van der Waals surface area contributed by atoms with Crippen LogP contribution >= 0.6 is 0 Å². The Bertz CT molecular complexity index is 752. The molecular weight excluding hydrogens is 326 g/mol. The van der Waals surface area contributed by atoms with Crippen LogP contribution in [0.5, 0.6) is 0 Å². The number of benzene rings is 1. The van der Waals surface area contributed by atoms with Crippen LogP contribution in [0.15, 0.2) is 42.6 Å². The first-order chi connectivity index (χ1) is 12.6. The number of amides is 1. The molecule has 5 heteroatoms. The zero-order valence-electron chi connectivity index (χ0n) is 15.9. The minimum Gasteiger partial charge on any atom is -0.378 e. The van der Waals surface area contributed by atoms with Crippen molar-refractivity contribution in [2.24, 2.45) is 0 Å². The third-order valence-electron chi connectivity index (χ3n) is 4.97. The summed E-state index contributed by atoms with van der Waals surface area (Å²) in [5.41, 5.74) is 4.29. The van der Waals surface area contributed by atoms with E-state index in [1.165, 1.54) is 11.3 Å². The van der Waals surface area contributed by atoms with Crippen molar-refractivity contribution in [1.82, 2.24) is 0 Å². The molecule has 0 spiro atoms. The van der Waals surface area contributed by atoms with Crippen molar-refractivity contribution in [2.45, 2.75) is 33.2 Å².